The van der Waals surface area contributed by atoms with Gasteiger partial charge in [-0.15, -0.1) is 0 Å². The highest BCUT2D eigenvalue weighted by Crippen LogP contribution is 2.30. The van der Waals surface area contributed by atoms with Gasteiger partial charge < -0.3 is 10.1 Å². The van der Waals surface area contributed by atoms with Gasteiger partial charge in [0.2, 0.25) is 0 Å². The average Bonchev–Trinajstić information content (AvgIpc) is 3.16. The van der Waals surface area contributed by atoms with E-state index in [-0.39, 0.29) is 36.0 Å². The molecule has 0 spiro atoms. The largest absolute Gasteiger partial charge is 0.462 e. The van der Waals surface area contributed by atoms with Gasteiger partial charge in [0, 0.05) is 11.3 Å². The third-order valence-corrected chi connectivity index (χ3v) is 4.40. The van der Waals surface area contributed by atoms with Crippen LogP contribution in [0.25, 0.3) is 0 Å². The number of benzene rings is 2. The molecule has 0 radical (unpaired) electrons. The normalized spacial score (nSPS) is 11.0. The number of alkyl halides is 3. The third kappa shape index (κ3) is 5.97. The van der Waals surface area contributed by atoms with E-state index in [4.69, 9.17) is 4.74 Å². The monoisotopic (exact) mass is 460 g/mol. The number of Topliss-reactive ketones (excluding diaryl/α,β-unsaturated/α-hetero) is 1. The van der Waals surface area contributed by atoms with Gasteiger partial charge in [0.1, 0.15) is 17.9 Å². The maximum Gasteiger partial charge on any atom is 0.416 e. The van der Waals surface area contributed by atoms with Crippen LogP contribution in [-0.2, 0) is 17.5 Å². The summed E-state index contributed by atoms with van der Waals surface area (Å²) in [4.78, 5) is 37.3. The first-order valence-corrected chi connectivity index (χ1v) is 9.75. The summed E-state index contributed by atoms with van der Waals surface area (Å²) in [6, 6.07) is 11.4. The number of anilines is 2. The highest BCUT2D eigenvalue weighted by atomic mass is 19.4. The molecule has 0 fully saturated rings. The third-order valence-electron chi connectivity index (χ3n) is 4.40. The number of halogens is 3. The lowest BCUT2D eigenvalue weighted by Crippen LogP contribution is -2.24. The molecule has 1 aromatic heterocycles. The lowest BCUT2D eigenvalue weighted by Gasteiger charge is -2.13. The molecule has 0 saturated heterocycles. The van der Waals surface area contributed by atoms with Crippen LogP contribution in [-0.4, -0.2) is 34.2 Å². The Hall–Kier alpha value is -4.15. The van der Waals surface area contributed by atoms with E-state index >= 15 is 0 Å². The lowest BCUT2D eigenvalue weighted by molar-refractivity contribution is -0.137. The van der Waals surface area contributed by atoms with E-state index in [0.29, 0.717) is 5.56 Å². The summed E-state index contributed by atoms with van der Waals surface area (Å²) in [6.45, 7) is 1.35. The minimum Gasteiger partial charge on any atom is -0.462 e. The number of nitrogens with one attached hydrogen (secondary N) is 2. The van der Waals surface area contributed by atoms with Gasteiger partial charge in [-0.2, -0.15) is 18.3 Å². The lowest BCUT2D eigenvalue weighted by atomic mass is 10.1. The van der Waals surface area contributed by atoms with E-state index in [9.17, 15) is 27.6 Å². The predicted molar refractivity (Wildman–Crippen MR) is 113 cm³/mol. The molecular weight excluding hydrogens is 441 g/mol. The van der Waals surface area contributed by atoms with Gasteiger partial charge in [-0.25, -0.2) is 14.3 Å². The minimum absolute atomic E-state index is 0.0584. The molecule has 3 aromatic rings. The quantitative estimate of drug-likeness (QED) is 0.396. The molecule has 0 bridgehead atoms. The van der Waals surface area contributed by atoms with Crippen LogP contribution >= 0.6 is 0 Å². The van der Waals surface area contributed by atoms with Crippen molar-refractivity contribution in [3.8, 4) is 0 Å². The molecule has 172 valence electrons. The first-order chi connectivity index (χ1) is 15.7. The van der Waals surface area contributed by atoms with Gasteiger partial charge >= 0.3 is 18.2 Å². The van der Waals surface area contributed by atoms with Gasteiger partial charge in [0.25, 0.3) is 0 Å². The summed E-state index contributed by atoms with van der Waals surface area (Å²) < 4.78 is 44.8. The minimum atomic E-state index is -4.58. The van der Waals surface area contributed by atoms with Gasteiger partial charge in [-0.05, 0) is 25.1 Å². The van der Waals surface area contributed by atoms with Crippen LogP contribution in [0.4, 0.5) is 29.5 Å². The number of ketones is 1. The second-order valence-electron chi connectivity index (χ2n) is 6.73. The van der Waals surface area contributed by atoms with Crippen molar-refractivity contribution in [2.24, 2.45) is 0 Å². The summed E-state index contributed by atoms with van der Waals surface area (Å²) in [5.74, 6) is -1.26. The van der Waals surface area contributed by atoms with Crippen LogP contribution in [0.15, 0.2) is 60.8 Å². The number of hydrogen-bond donors (Lipinski definition) is 2. The number of esters is 1. The van der Waals surface area contributed by atoms with Crippen molar-refractivity contribution in [3.63, 3.8) is 0 Å². The van der Waals surface area contributed by atoms with Crippen molar-refractivity contribution in [2.75, 3.05) is 17.2 Å². The number of ether oxygens (including phenoxy) is 1. The molecule has 2 amide bonds. The molecule has 11 heteroatoms. The van der Waals surface area contributed by atoms with Gasteiger partial charge in [-0.1, -0.05) is 36.4 Å². The molecular formula is C22H19F3N4O4. The number of aromatic nitrogens is 2. The SMILES string of the molecule is CCOC(=O)c1cnn(CC(=O)c2ccccc2)c1NC(=O)Nc1cccc(C(F)(F)F)c1. The van der Waals surface area contributed by atoms with Crippen LogP contribution in [0.2, 0.25) is 0 Å². The number of amides is 2. The van der Waals surface area contributed by atoms with Crippen LogP contribution in [0.1, 0.15) is 33.2 Å². The van der Waals surface area contributed by atoms with Gasteiger partial charge in [0.05, 0.1) is 18.4 Å². The molecule has 33 heavy (non-hydrogen) atoms. The second-order valence-corrected chi connectivity index (χ2v) is 6.73. The molecule has 0 aliphatic carbocycles. The molecule has 2 aromatic carbocycles. The summed E-state index contributed by atoms with van der Waals surface area (Å²) in [6.07, 6.45) is -3.45. The van der Waals surface area contributed by atoms with Crippen molar-refractivity contribution >= 4 is 29.3 Å². The molecule has 0 unspecified atom stereocenters. The van der Waals surface area contributed by atoms with Crippen molar-refractivity contribution in [2.45, 2.75) is 19.6 Å². The standard InChI is InChI=1S/C22H19F3N4O4/c1-2-33-20(31)17-12-26-29(13-18(30)14-7-4-3-5-8-14)19(17)28-21(32)27-16-10-6-9-15(11-16)22(23,24)25/h3-12H,2,13H2,1H3,(H2,27,28,32). The maximum atomic E-state index is 12.9. The Bertz CT molecular complexity index is 1160. The first kappa shape index (κ1) is 23.5. The average molecular weight is 460 g/mol. The summed E-state index contributed by atoms with van der Waals surface area (Å²) in [5.41, 5.74) is -0.778. The van der Waals surface area contributed by atoms with E-state index in [1.807, 2.05) is 0 Å². The van der Waals surface area contributed by atoms with E-state index in [1.54, 1.807) is 37.3 Å². The van der Waals surface area contributed by atoms with Crippen molar-refractivity contribution in [1.82, 2.24) is 9.78 Å². The van der Waals surface area contributed by atoms with Crippen LogP contribution in [0.5, 0.6) is 0 Å². The summed E-state index contributed by atoms with van der Waals surface area (Å²) in [7, 11) is 0. The molecule has 0 aliphatic heterocycles. The highest BCUT2D eigenvalue weighted by molar-refractivity contribution is 6.04. The van der Waals surface area contributed by atoms with Crippen LogP contribution in [0.3, 0.4) is 0 Å². The number of carbonyl (C=O) groups is 3. The number of carbonyl (C=O) groups excluding carboxylic acids is 3. The zero-order valence-electron chi connectivity index (χ0n) is 17.3. The first-order valence-electron chi connectivity index (χ1n) is 9.75. The van der Waals surface area contributed by atoms with Crippen LogP contribution in [0, 0.1) is 0 Å². The Labute approximate surface area is 186 Å². The molecule has 0 saturated carbocycles. The Balaban J connectivity index is 1.84. The van der Waals surface area contributed by atoms with E-state index in [1.165, 1.54) is 6.07 Å². The second kappa shape index (κ2) is 9.98. The molecule has 8 nitrogen and oxygen atoms in total. The summed E-state index contributed by atoms with van der Waals surface area (Å²) in [5, 5.41) is 8.65. The Morgan fingerprint density at radius 3 is 2.42 bits per heavy atom. The van der Waals surface area contributed by atoms with Crippen LogP contribution < -0.4 is 10.6 Å². The molecule has 2 N–H and O–H groups in total. The number of hydrogen-bond acceptors (Lipinski definition) is 5. The highest BCUT2D eigenvalue weighted by Gasteiger charge is 2.30. The fraction of sp³-hybridized carbons (Fsp3) is 0.182. The van der Waals surface area contributed by atoms with Crippen molar-refractivity contribution in [1.29, 1.82) is 0 Å². The molecule has 0 aliphatic rings. The molecule has 1 heterocycles. The predicted octanol–water partition coefficient (Wildman–Crippen LogP) is 4.61. The fourth-order valence-electron chi connectivity index (χ4n) is 2.89. The van der Waals surface area contributed by atoms with E-state index in [0.717, 1.165) is 29.1 Å². The summed E-state index contributed by atoms with van der Waals surface area (Å²) >= 11 is 0. The molecule has 3 rings (SSSR count). The fourth-order valence-corrected chi connectivity index (χ4v) is 2.89. The zero-order valence-corrected chi connectivity index (χ0v) is 17.3. The number of urea groups is 1. The zero-order chi connectivity index (χ0) is 24.0. The Kier molecular flexibility index (Phi) is 7.11. The van der Waals surface area contributed by atoms with Crippen molar-refractivity contribution < 1.29 is 32.3 Å². The number of nitrogens with zero attached hydrogens (tertiary/aromatic N) is 2. The molecule has 0 atom stereocenters. The van der Waals surface area contributed by atoms with Crippen molar-refractivity contribution in [3.05, 3.63) is 77.5 Å². The van der Waals surface area contributed by atoms with E-state index in [2.05, 4.69) is 15.7 Å². The topological polar surface area (TPSA) is 102 Å². The van der Waals surface area contributed by atoms with Gasteiger partial charge in [-0.3, -0.25) is 10.1 Å². The van der Waals surface area contributed by atoms with Gasteiger partial charge in [0.15, 0.2) is 5.78 Å². The van der Waals surface area contributed by atoms with E-state index < -0.39 is 23.7 Å². The maximum absolute atomic E-state index is 12.9. The Morgan fingerprint density at radius 1 is 1.03 bits per heavy atom. The number of rotatable bonds is 7. The Morgan fingerprint density at radius 2 is 1.76 bits per heavy atom. The smallest absolute Gasteiger partial charge is 0.416 e.